The first-order valence-electron chi connectivity index (χ1n) is 38.0. The lowest BCUT2D eigenvalue weighted by molar-refractivity contribution is 1.30. The largest absolute Gasteiger partial charge is 0.312 e. The molecule has 0 N–H and O–H groups in total. The molecular weight excluding hydrogens is 1300 g/mol. The topological polar surface area (TPSA) is 13.0 Å². The van der Waals surface area contributed by atoms with Gasteiger partial charge in [-0.2, -0.15) is 0 Å². The number of rotatable bonds is 4. The van der Waals surface area contributed by atoms with E-state index < -0.39 is 0 Å². The van der Waals surface area contributed by atoms with Gasteiger partial charge in [0, 0.05) is 68.2 Å². The van der Waals surface area contributed by atoms with Crippen molar-refractivity contribution in [1.29, 1.82) is 0 Å². The second kappa shape index (κ2) is 25.4. The Hall–Kier alpha value is -13.0. The third-order valence-corrected chi connectivity index (χ3v) is 23.9. The highest BCUT2D eigenvalue weighted by atomic mass is 15.2. The Morgan fingerprint density at radius 2 is 0.481 bits per heavy atom. The summed E-state index contributed by atoms with van der Waals surface area (Å²) in [6, 6.07) is 133. The van der Waals surface area contributed by atoms with Gasteiger partial charge in [-0.25, -0.2) is 0 Å². The number of nitrogens with zero attached hydrogens (tertiary/aromatic N) is 4. The van der Waals surface area contributed by atoms with Crippen LogP contribution in [0.2, 0.25) is 0 Å². The van der Waals surface area contributed by atoms with Crippen LogP contribution < -0.4 is 85.2 Å². The van der Waals surface area contributed by atoms with Gasteiger partial charge in [-0.3, -0.25) is 0 Å². The van der Waals surface area contributed by atoms with Crippen molar-refractivity contribution < 1.29 is 0 Å². The van der Waals surface area contributed by atoms with Crippen LogP contribution in [-0.2, 0) is 0 Å². The molecule has 0 aliphatic carbocycles. The number of anilines is 12. The minimum atomic E-state index is 0.322. The third kappa shape index (κ3) is 9.69. The van der Waals surface area contributed by atoms with E-state index in [2.05, 4.69) is 411 Å². The van der Waals surface area contributed by atoms with Gasteiger partial charge in [0.15, 0.2) is 0 Å². The molecule has 0 unspecified atom stereocenters. The Bertz CT molecular complexity index is 6260. The molecule has 108 heavy (non-hydrogen) atoms. The number of benzene rings is 16. The maximum Gasteiger partial charge on any atom is 0.248 e. The van der Waals surface area contributed by atoms with Crippen molar-refractivity contribution in [3.63, 3.8) is 0 Å². The fourth-order valence-electron chi connectivity index (χ4n) is 19.6. The van der Waals surface area contributed by atoms with Crippen molar-refractivity contribution in [2.45, 2.75) is 27.7 Å². The van der Waals surface area contributed by atoms with Gasteiger partial charge >= 0.3 is 0 Å². The average molecular weight is 1370 g/mol. The highest BCUT2D eigenvalue weighted by Gasteiger charge is 2.47. The van der Waals surface area contributed by atoms with Crippen LogP contribution in [0.1, 0.15) is 22.3 Å². The van der Waals surface area contributed by atoms with Crippen LogP contribution >= 0.6 is 0 Å². The molecule has 8 heteroatoms. The lowest BCUT2D eigenvalue weighted by Gasteiger charge is -2.36. The van der Waals surface area contributed by atoms with Gasteiger partial charge < -0.3 is 19.6 Å². The molecule has 504 valence electrons. The van der Waals surface area contributed by atoms with Crippen LogP contribution in [0, 0.1) is 27.7 Å². The molecule has 16 aromatic rings. The van der Waals surface area contributed by atoms with E-state index in [0.29, 0.717) is 26.9 Å². The van der Waals surface area contributed by atoms with Gasteiger partial charge in [0.05, 0.1) is 0 Å². The summed E-state index contributed by atoms with van der Waals surface area (Å²) in [5.74, 6) is 0. The summed E-state index contributed by atoms with van der Waals surface area (Å²) in [6.45, 7) is 10.1. The molecule has 8 heterocycles. The van der Waals surface area contributed by atoms with E-state index in [1.807, 2.05) is 0 Å². The van der Waals surface area contributed by atoms with E-state index in [4.69, 9.17) is 0 Å². The Labute approximate surface area is 634 Å². The highest BCUT2D eigenvalue weighted by molar-refractivity contribution is 7.03. The smallest absolute Gasteiger partial charge is 0.248 e. The van der Waals surface area contributed by atoms with Crippen LogP contribution in [0.3, 0.4) is 0 Å². The normalized spacial score (nSPS) is 13.2. The molecule has 0 bridgehead atoms. The van der Waals surface area contributed by atoms with Crippen molar-refractivity contribution in [3.05, 3.63) is 386 Å². The molecule has 0 spiro atoms. The molecule has 0 amide bonds. The van der Waals surface area contributed by atoms with Crippen molar-refractivity contribution in [2.75, 3.05) is 19.6 Å². The number of hydrogen-bond donors (Lipinski definition) is 0. The maximum absolute atomic E-state index is 2.42. The maximum atomic E-state index is 2.42. The summed E-state index contributed by atoms with van der Waals surface area (Å²) in [5.41, 5.74) is 48.8. The zero-order valence-electron chi connectivity index (χ0n) is 60.7. The molecule has 8 aliphatic rings. The van der Waals surface area contributed by atoms with E-state index in [1.165, 1.54) is 201 Å². The molecule has 24 rings (SSSR count). The molecule has 0 saturated heterocycles. The summed E-state index contributed by atoms with van der Waals surface area (Å²) in [7, 11) is 0. The van der Waals surface area contributed by atoms with E-state index >= 15 is 0 Å². The van der Waals surface area contributed by atoms with Gasteiger partial charge in [-0.15, -0.1) is 0 Å². The third-order valence-electron chi connectivity index (χ3n) is 23.9. The number of fused-ring (bicyclic) bond motifs is 20. The molecular formula is C100H72B4N4. The SMILES string of the molecule is Cc1ccc2c(c1)-c1cccc3c1B2c1ccccc1N3c1ccccc1.Cc1ccc2c(c1)B1c3ccccc3N(c3ccccc3)c3cccc-2c31.Cc1cccc2c1-c1cccc3c1B2c1ccccc1N3c1ccccc1.Cc1cccc2c1B1c3ccccc3N(c3ccccc3)c3cccc-2c31. The number of hydrogen-bond acceptors (Lipinski definition) is 4. The summed E-state index contributed by atoms with van der Waals surface area (Å²) >= 11 is 0. The van der Waals surface area contributed by atoms with E-state index in [0.717, 1.165) is 0 Å². The minimum Gasteiger partial charge on any atom is -0.312 e. The Balaban J connectivity index is 0.0000000919. The van der Waals surface area contributed by atoms with Gasteiger partial charge in [0.2, 0.25) is 26.9 Å². The predicted molar refractivity (Wildman–Crippen MR) is 464 cm³/mol. The van der Waals surface area contributed by atoms with Crippen molar-refractivity contribution in [1.82, 2.24) is 0 Å². The molecule has 0 saturated carbocycles. The summed E-state index contributed by atoms with van der Waals surface area (Å²) in [5, 5.41) is 0. The van der Waals surface area contributed by atoms with Crippen molar-refractivity contribution in [3.8, 4) is 44.5 Å². The van der Waals surface area contributed by atoms with Crippen LogP contribution in [0.25, 0.3) is 44.5 Å². The molecule has 0 aromatic heterocycles. The standard InChI is InChI=1S/4C25H18BN/c1-17-9-7-14-21-24(17)19-12-8-16-23-25(19)26(21)20-13-5-6-15-22(20)27(23)18-10-3-2-4-11-18;1-17-9-7-12-19-20-13-8-16-23-25(20)26(24(17)19)21-14-5-6-15-22(21)27(23)18-10-3-2-4-11-18;1-17-14-15-19-20-10-7-13-24-25(20)26(22(19)16-17)21-11-5-6-12-23(21)27(24)18-8-3-2-4-9-18;1-17-14-15-21-20(16-17)19-10-7-13-24-25(19)26(21)22-11-5-6-12-23(22)27(24)18-8-3-2-4-9-18/h4*2-16H,1H3. The van der Waals surface area contributed by atoms with Gasteiger partial charge in [0.25, 0.3) is 0 Å². The van der Waals surface area contributed by atoms with Crippen LogP contribution in [0.4, 0.5) is 68.2 Å². The molecule has 0 atom stereocenters. The Morgan fingerprint density at radius 1 is 0.176 bits per heavy atom. The van der Waals surface area contributed by atoms with Crippen molar-refractivity contribution >= 4 is 161 Å². The lowest BCUT2D eigenvalue weighted by Crippen LogP contribution is -2.55. The second-order valence-electron chi connectivity index (χ2n) is 29.9. The number of aryl methyl sites for hydroxylation is 4. The Morgan fingerprint density at radius 3 is 0.954 bits per heavy atom. The van der Waals surface area contributed by atoms with Crippen LogP contribution in [0.15, 0.2) is 364 Å². The van der Waals surface area contributed by atoms with E-state index in [1.54, 1.807) is 0 Å². The highest BCUT2D eigenvalue weighted by Crippen LogP contribution is 2.46. The first-order chi connectivity index (χ1) is 53.3. The van der Waals surface area contributed by atoms with Gasteiger partial charge in [0.1, 0.15) is 0 Å². The summed E-state index contributed by atoms with van der Waals surface area (Å²) < 4.78 is 0. The zero-order valence-corrected chi connectivity index (χ0v) is 60.7. The van der Waals surface area contributed by atoms with Crippen LogP contribution in [-0.4, -0.2) is 26.9 Å². The fraction of sp³-hybridized carbons (Fsp3) is 0.0400. The quantitative estimate of drug-likeness (QED) is 0.163. The monoisotopic (exact) mass is 1370 g/mol. The summed E-state index contributed by atoms with van der Waals surface area (Å²) in [4.78, 5) is 9.69. The molecule has 8 aliphatic heterocycles. The lowest BCUT2D eigenvalue weighted by atomic mass is 9.36. The minimum absolute atomic E-state index is 0.322. The fourth-order valence-corrected chi connectivity index (χ4v) is 19.6. The zero-order chi connectivity index (χ0) is 71.8. The molecule has 4 nitrogen and oxygen atoms in total. The average Bonchev–Trinajstić information content (AvgIpc) is 1.54. The first-order valence-corrected chi connectivity index (χ1v) is 38.0. The van der Waals surface area contributed by atoms with E-state index in [9.17, 15) is 0 Å². The van der Waals surface area contributed by atoms with Crippen LogP contribution in [0.5, 0.6) is 0 Å². The Kier molecular flexibility index (Phi) is 14.9. The molecule has 0 fully saturated rings. The van der Waals surface area contributed by atoms with E-state index in [-0.39, 0.29) is 0 Å². The van der Waals surface area contributed by atoms with Gasteiger partial charge in [-0.05, 0) is 219 Å². The number of para-hydroxylation sites is 8. The summed E-state index contributed by atoms with van der Waals surface area (Å²) in [6.07, 6.45) is 0. The molecule has 0 radical (unpaired) electrons. The molecule has 16 aromatic carbocycles. The predicted octanol–water partition coefficient (Wildman–Crippen LogP) is 17.1. The second-order valence-corrected chi connectivity index (χ2v) is 29.9. The van der Waals surface area contributed by atoms with Crippen molar-refractivity contribution in [2.24, 2.45) is 0 Å². The van der Waals surface area contributed by atoms with Gasteiger partial charge in [-0.1, -0.05) is 305 Å². The first kappa shape index (κ1) is 63.5.